The maximum atomic E-state index is 12.4. The molecule has 0 aliphatic rings. The van der Waals surface area contributed by atoms with Gasteiger partial charge >= 0.3 is 0 Å². The molecule has 3 rings (SSSR count). The smallest absolute Gasteiger partial charge is 0.270 e. The van der Waals surface area contributed by atoms with E-state index in [-0.39, 0.29) is 5.91 Å². The van der Waals surface area contributed by atoms with Gasteiger partial charge < -0.3 is 9.88 Å². The summed E-state index contributed by atoms with van der Waals surface area (Å²) in [6.07, 6.45) is 8.20. The van der Waals surface area contributed by atoms with Crippen molar-refractivity contribution >= 4 is 11.6 Å². The lowest BCUT2D eigenvalue weighted by Crippen LogP contribution is -2.27. The molecule has 114 valence electrons. The molecular formula is C16H19N5O. The van der Waals surface area contributed by atoms with E-state index in [0.717, 1.165) is 29.9 Å². The summed E-state index contributed by atoms with van der Waals surface area (Å²) in [6.45, 7) is 5.34. The van der Waals surface area contributed by atoms with Crippen molar-refractivity contribution in [2.75, 3.05) is 6.54 Å². The minimum Gasteiger partial charge on any atom is -0.351 e. The molecule has 0 aliphatic carbocycles. The van der Waals surface area contributed by atoms with Gasteiger partial charge in [0.15, 0.2) is 0 Å². The zero-order chi connectivity index (χ0) is 15.5. The molecule has 3 aromatic rings. The van der Waals surface area contributed by atoms with E-state index in [2.05, 4.69) is 15.3 Å². The molecule has 6 nitrogen and oxygen atoms in total. The van der Waals surface area contributed by atoms with Crippen LogP contribution in [0.25, 0.3) is 5.65 Å². The lowest BCUT2D eigenvalue weighted by atomic mass is 10.3. The van der Waals surface area contributed by atoms with Gasteiger partial charge in [0, 0.05) is 31.7 Å². The molecule has 0 atom stereocenters. The van der Waals surface area contributed by atoms with Crippen molar-refractivity contribution in [3.8, 4) is 0 Å². The number of hydrogen-bond donors (Lipinski definition) is 1. The summed E-state index contributed by atoms with van der Waals surface area (Å²) >= 11 is 0. The highest BCUT2D eigenvalue weighted by Crippen LogP contribution is 2.13. The largest absolute Gasteiger partial charge is 0.351 e. The topological polar surface area (TPSA) is 64.2 Å². The van der Waals surface area contributed by atoms with Crippen LogP contribution in [0.1, 0.15) is 28.2 Å². The van der Waals surface area contributed by atoms with Gasteiger partial charge in [0.25, 0.3) is 5.91 Å². The van der Waals surface area contributed by atoms with Crippen molar-refractivity contribution < 1.29 is 4.79 Å². The average Bonchev–Trinajstić information content (AvgIpc) is 3.09. The molecule has 0 fully saturated rings. The Morgan fingerprint density at radius 1 is 1.32 bits per heavy atom. The fraction of sp³-hybridized carbons (Fsp3) is 0.312. The van der Waals surface area contributed by atoms with E-state index in [4.69, 9.17) is 0 Å². The average molecular weight is 297 g/mol. The predicted molar refractivity (Wildman–Crippen MR) is 83.8 cm³/mol. The fourth-order valence-corrected chi connectivity index (χ4v) is 2.50. The van der Waals surface area contributed by atoms with Crippen LogP contribution in [-0.2, 0) is 6.54 Å². The molecule has 0 saturated carbocycles. The van der Waals surface area contributed by atoms with Crippen LogP contribution < -0.4 is 5.32 Å². The molecule has 0 bridgehead atoms. The van der Waals surface area contributed by atoms with E-state index < -0.39 is 0 Å². The zero-order valence-corrected chi connectivity index (χ0v) is 12.8. The number of rotatable bonds is 5. The fourth-order valence-electron chi connectivity index (χ4n) is 2.50. The third-order valence-corrected chi connectivity index (χ3v) is 3.61. The first kappa shape index (κ1) is 14.3. The Labute approximate surface area is 128 Å². The molecule has 0 spiro atoms. The number of pyridine rings is 1. The van der Waals surface area contributed by atoms with Crippen molar-refractivity contribution in [3.63, 3.8) is 0 Å². The second-order valence-electron chi connectivity index (χ2n) is 5.39. The van der Waals surface area contributed by atoms with Crippen LogP contribution in [0.3, 0.4) is 0 Å². The van der Waals surface area contributed by atoms with Crippen molar-refractivity contribution in [3.05, 3.63) is 54.0 Å². The van der Waals surface area contributed by atoms with Crippen LogP contribution in [0.4, 0.5) is 0 Å². The van der Waals surface area contributed by atoms with E-state index >= 15 is 0 Å². The van der Waals surface area contributed by atoms with Gasteiger partial charge in [-0.2, -0.15) is 0 Å². The Bertz CT molecular complexity index is 788. The van der Waals surface area contributed by atoms with E-state index in [1.165, 1.54) is 0 Å². The molecule has 0 aromatic carbocycles. The van der Waals surface area contributed by atoms with Gasteiger partial charge in [-0.15, -0.1) is 0 Å². The summed E-state index contributed by atoms with van der Waals surface area (Å²) in [5, 5.41) is 2.96. The Morgan fingerprint density at radius 2 is 2.18 bits per heavy atom. The normalized spacial score (nSPS) is 11.0. The van der Waals surface area contributed by atoms with E-state index in [1.54, 1.807) is 12.5 Å². The van der Waals surface area contributed by atoms with Crippen LogP contribution in [0.5, 0.6) is 0 Å². The molecule has 6 heteroatoms. The molecule has 22 heavy (non-hydrogen) atoms. The number of aryl methyl sites for hydroxylation is 3. The second-order valence-corrected chi connectivity index (χ2v) is 5.39. The lowest BCUT2D eigenvalue weighted by Gasteiger charge is -2.06. The SMILES string of the molecule is Cc1ccn2c(C(=O)NCCCn3ccnc3)c(C)nc2c1. The second kappa shape index (κ2) is 6.01. The molecule has 0 unspecified atom stereocenters. The summed E-state index contributed by atoms with van der Waals surface area (Å²) in [6, 6.07) is 3.95. The van der Waals surface area contributed by atoms with Gasteiger partial charge in [-0.25, -0.2) is 9.97 Å². The van der Waals surface area contributed by atoms with Gasteiger partial charge in [0.1, 0.15) is 11.3 Å². The monoisotopic (exact) mass is 297 g/mol. The number of carbonyl (C=O) groups is 1. The van der Waals surface area contributed by atoms with Crippen molar-refractivity contribution in [2.24, 2.45) is 0 Å². The van der Waals surface area contributed by atoms with Gasteiger partial charge in [0.2, 0.25) is 0 Å². The van der Waals surface area contributed by atoms with Gasteiger partial charge in [0.05, 0.1) is 12.0 Å². The number of nitrogens with zero attached hydrogens (tertiary/aromatic N) is 4. The first-order valence-electron chi connectivity index (χ1n) is 7.34. The number of hydrogen-bond acceptors (Lipinski definition) is 3. The zero-order valence-electron chi connectivity index (χ0n) is 12.8. The lowest BCUT2D eigenvalue weighted by molar-refractivity contribution is 0.0946. The summed E-state index contributed by atoms with van der Waals surface area (Å²) in [4.78, 5) is 20.8. The third kappa shape index (κ3) is 2.86. The standard InChI is InChI=1S/C16H19N5O/c1-12-4-8-21-14(10-12)19-13(2)15(21)16(22)18-5-3-7-20-9-6-17-11-20/h4,6,8-11H,3,5,7H2,1-2H3,(H,18,22). The Hall–Kier alpha value is -2.63. The minimum absolute atomic E-state index is 0.0838. The number of imidazole rings is 2. The van der Waals surface area contributed by atoms with Crippen molar-refractivity contribution in [2.45, 2.75) is 26.8 Å². The Kier molecular flexibility index (Phi) is 3.91. The molecule has 1 amide bonds. The predicted octanol–water partition coefficient (Wildman–Crippen LogP) is 1.97. The van der Waals surface area contributed by atoms with Crippen molar-refractivity contribution in [1.82, 2.24) is 24.3 Å². The number of carbonyl (C=O) groups excluding carboxylic acids is 1. The maximum Gasteiger partial charge on any atom is 0.270 e. The number of aromatic nitrogens is 4. The highest BCUT2D eigenvalue weighted by atomic mass is 16.1. The first-order valence-corrected chi connectivity index (χ1v) is 7.34. The first-order chi connectivity index (χ1) is 10.6. The number of amides is 1. The van der Waals surface area contributed by atoms with Crippen LogP contribution in [0.2, 0.25) is 0 Å². The molecule has 0 radical (unpaired) electrons. The molecule has 3 heterocycles. The van der Waals surface area contributed by atoms with Gasteiger partial charge in [-0.05, 0) is 38.0 Å². The van der Waals surface area contributed by atoms with Gasteiger partial charge in [-0.1, -0.05) is 0 Å². The van der Waals surface area contributed by atoms with Crippen molar-refractivity contribution in [1.29, 1.82) is 0 Å². The summed E-state index contributed by atoms with van der Waals surface area (Å²) in [5.74, 6) is -0.0838. The van der Waals surface area contributed by atoms with E-state index in [1.807, 2.05) is 47.3 Å². The molecule has 0 saturated heterocycles. The molecule has 0 aliphatic heterocycles. The summed E-state index contributed by atoms with van der Waals surface area (Å²) in [7, 11) is 0. The highest BCUT2D eigenvalue weighted by molar-refractivity contribution is 5.94. The highest BCUT2D eigenvalue weighted by Gasteiger charge is 2.15. The maximum absolute atomic E-state index is 12.4. The van der Waals surface area contributed by atoms with Gasteiger partial charge in [-0.3, -0.25) is 9.20 Å². The Morgan fingerprint density at radius 3 is 2.95 bits per heavy atom. The summed E-state index contributed by atoms with van der Waals surface area (Å²) < 4.78 is 3.84. The molecular weight excluding hydrogens is 278 g/mol. The van der Waals surface area contributed by atoms with Crippen LogP contribution >= 0.6 is 0 Å². The molecule has 1 N–H and O–H groups in total. The molecule has 3 aromatic heterocycles. The van der Waals surface area contributed by atoms with Crippen LogP contribution in [0.15, 0.2) is 37.1 Å². The quantitative estimate of drug-likeness (QED) is 0.732. The number of nitrogens with one attached hydrogen (secondary N) is 1. The van der Waals surface area contributed by atoms with E-state index in [9.17, 15) is 4.79 Å². The Balaban J connectivity index is 1.66. The third-order valence-electron chi connectivity index (χ3n) is 3.61. The minimum atomic E-state index is -0.0838. The number of fused-ring (bicyclic) bond motifs is 1. The van der Waals surface area contributed by atoms with Crippen LogP contribution in [-0.4, -0.2) is 31.4 Å². The van der Waals surface area contributed by atoms with Crippen LogP contribution in [0, 0.1) is 13.8 Å². The summed E-state index contributed by atoms with van der Waals surface area (Å²) in [5.41, 5.74) is 3.29. The van der Waals surface area contributed by atoms with E-state index in [0.29, 0.717) is 12.2 Å².